The molecule has 2 atom stereocenters. The number of hydrogen-bond acceptors (Lipinski definition) is 6. The molecule has 3 rings (SSSR count). The summed E-state index contributed by atoms with van der Waals surface area (Å²) in [4.78, 5) is 7.11. The van der Waals surface area contributed by atoms with Crippen molar-refractivity contribution in [3.63, 3.8) is 0 Å². The lowest BCUT2D eigenvalue weighted by Crippen LogP contribution is -2.49. The van der Waals surface area contributed by atoms with Crippen LogP contribution in [0.25, 0.3) is 0 Å². The summed E-state index contributed by atoms with van der Waals surface area (Å²) in [5.41, 5.74) is 1.00. The minimum absolute atomic E-state index is 0.0479. The van der Waals surface area contributed by atoms with Crippen LogP contribution < -0.4 is 0 Å². The average molecular weight is 435 g/mol. The zero-order valence-electron chi connectivity index (χ0n) is 18.9. The van der Waals surface area contributed by atoms with E-state index in [0.717, 1.165) is 6.42 Å². The Kier molecular flexibility index (Phi) is 6.69. The highest BCUT2D eigenvalue weighted by Gasteiger charge is 2.32. The molecular weight excluding hydrogens is 400 g/mol. The van der Waals surface area contributed by atoms with Crippen molar-refractivity contribution in [3.05, 3.63) is 41.5 Å². The Morgan fingerprint density at radius 3 is 2.17 bits per heavy atom. The summed E-state index contributed by atoms with van der Waals surface area (Å²) in [6.45, 7) is 14.6. The molecule has 7 nitrogen and oxygen atoms in total. The normalized spacial score (nSPS) is 19.0. The summed E-state index contributed by atoms with van der Waals surface area (Å²) in [6.07, 6.45) is 1.03. The lowest BCUT2D eigenvalue weighted by Gasteiger charge is -2.36. The minimum Gasteiger partial charge on any atom is -0.338 e. The highest BCUT2D eigenvalue weighted by atomic mass is 32.2. The molecule has 0 radical (unpaired) electrons. The first-order valence-electron chi connectivity index (χ1n) is 10.7. The molecule has 1 aromatic heterocycles. The number of hydrogen-bond donors (Lipinski definition) is 0. The summed E-state index contributed by atoms with van der Waals surface area (Å²) in [5.74, 6) is 1.69. The molecule has 0 saturated carbocycles. The van der Waals surface area contributed by atoms with Gasteiger partial charge in [0.15, 0.2) is 5.82 Å². The van der Waals surface area contributed by atoms with Gasteiger partial charge in [-0.2, -0.15) is 9.29 Å². The van der Waals surface area contributed by atoms with Crippen molar-refractivity contribution in [2.75, 3.05) is 26.2 Å². The van der Waals surface area contributed by atoms with Crippen LogP contribution in [-0.2, 0) is 15.4 Å². The molecule has 2 heterocycles. The highest BCUT2D eigenvalue weighted by molar-refractivity contribution is 7.89. The predicted molar refractivity (Wildman–Crippen MR) is 117 cm³/mol. The van der Waals surface area contributed by atoms with Crippen LogP contribution in [0.1, 0.15) is 77.2 Å². The molecule has 30 heavy (non-hydrogen) atoms. The van der Waals surface area contributed by atoms with Crippen molar-refractivity contribution in [2.24, 2.45) is 0 Å². The van der Waals surface area contributed by atoms with Gasteiger partial charge in [0.25, 0.3) is 0 Å². The quantitative estimate of drug-likeness (QED) is 0.685. The zero-order valence-corrected chi connectivity index (χ0v) is 19.7. The third-order valence-electron chi connectivity index (χ3n) is 5.99. The van der Waals surface area contributed by atoms with Crippen LogP contribution in [0.2, 0.25) is 0 Å². The molecule has 2 aromatic rings. The SMILES string of the molecule is CCC(C)c1ccc(S(=O)(=O)N2CCN(C(C)c3nc(C(C)(C)C)no3)CC2)cc1. The molecule has 166 valence electrons. The summed E-state index contributed by atoms with van der Waals surface area (Å²) in [6, 6.07) is 7.29. The van der Waals surface area contributed by atoms with Gasteiger partial charge < -0.3 is 4.52 Å². The lowest BCUT2D eigenvalue weighted by molar-refractivity contribution is 0.124. The number of rotatable bonds is 6. The lowest BCUT2D eigenvalue weighted by atomic mass is 9.96. The molecular formula is C22H34N4O3S. The van der Waals surface area contributed by atoms with Crippen LogP contribution in [0.3, 0.4) is 0 Å². The van der Waals surface area contributed by atoms with Crippen LogP contribution in [-0.4, -0.2) is 53.9 Å². The van der Waals surface area contributed by atoms with Crippen LogP contribution in [0.4, 0.5) is 0 Å². The smallest absolute Gasteiger partial charge is 0.243 e. The maximum absolute atomic E-state index is 13.1. The van der Waals surface area contributed by atoms with Crippen molar-refractivity contribution >= 4 is 10.0 Å². The van der Waals surface area contributed by atoms with Gasteiger partial charge in [-0.3, -0.25) is 4.90 Å². The first-order valence-corrected chi connectivity index (χ1v) is 12.2. The topological polar surface area (TPSA) is 79.5 Å². The molecule has 0 bridgehead atoms. The molecule has 0 aliphatic carbocycles. The summed E-state index contributed by atoms with van der Waals surface area (Å²) in [5, 5.41) is 4.10. The third kappa shape index (κ3) is 4.76. The molecule has 1 aliphatic heterocycles. The van der Waals surface area contributed by atoms with Crippen LogP contribution >= 0.6 is 0 Å². The van der Waals surface area contributed by atoms with Crippen molar-refractivity contribution in [2.45, 2.75) is 70.2 Å². The van der Waals surface area contributed by atoms with Crippen LogP contribution in [0.5, 0.6) is 0 Å². The van der Waals surface area contributed by atoms with E-state index in [2.05, 4.69) is 28.9 Å². The Labute approximate surface area is 180 Å². The van der Waals surface area contributed by atoms with Gasteiger partial charge in [-0.15, -0.1) is 0 Å². The number of benzene rings is 1. The molecule has 2 unspecified atom stereocenters. The van der Waals surface area contributed by atoms with Crippen molar-refractivity contribution in [1.29, 1.82) is 0 Å². The van der Waals surface area contributed by atoms with Gasteiger partial charge in [0, 0.05) is 31.6 Å². The molecule has 1 saturated heterocycles. The number of sulfonamides is 1. The molecule has 8 heteroatoms. The van der Waals surface area contributed by atoms with E-state index in [1.165, 1.54) is 5.56 Å². The first-order chi connectivity index (χ1) is 14.0. The number of aromatic nitrogens is 2. The van der Waals surface area contributed by atoms with E-state index in [9.17, 15) is 8.42 Å². The predicted octanol–water partition coefficient (Wildman–Crippen LogP) is 3.95. The first kappa shape index (κ1) is 22.9. The van der Waals surface area contributed by atoms with E-state index >= 15 is 0 Å². The standard InChI is InChI=1S/C22H34N4O3S/c1-7-16(2)18-8-10-19(11-9-18)30(27,28)26-14-12-25(13-15-26)17(3)20-23-21(24-29-20)22(4,5)6/h8-11,16-17H,7,12-15H2,1-6H3. The Bertz CT molecular complexity index is 940. The van der Waals surface area contributed by atoms with Crippen molar-refractivity contribution < 1.29 is 12.9 Å². The largest absolute Gasteiger partial charge is 0.338 e. The summed E-state index contributed by atoms with van der Waals surface area (Å²) in [7, 11) is -3.48. The molecule has 1 fully saturated rings. The van der Waals surface area contributed by atoms with Gasteiger partial charge in [-0.25, -0.2) is 8.42 Å². The molecule has 0 N–H and O–H groups in total. The average Bonchev–Trinajstić information content (AvgIpc) is 3.23. The van der Waals surface area contributed by atoms with E-state index in [0.29, 0.717) is 48.7 Å². The van der Waals surface area contributed by atoms with Crippen LogP contribution in [0, 0.1) is 0 Å². The summed E-state index contributed by atoms with van der Waals surface area (Å²) >= 11 is 0. The monoisotopic (exact) mass is 434 g/mol. The van der Waals surface area contributed by atoms with E-state index in [1.807, 2.05) is 39.8 Å². The molecule has 0 spiro atoms. The number of piperazine rings is 1. The highest BCUT2D eigenvalue weighted by Crippen LogP contribution is 2.27. The Balaban J connectivity index is 1.65. The Morgan fingerprint density at radius 1 is 1.07 bits per heavy atom. The third-order valence-corrected chi connectivity index (χ3v) is 7.90. The van der Waals surface area contributed by atoms with E-state index in [-0.39, 0.29) is 11.5 Å². The zero-order chi connectivity index (χ0) is 22.1. The van der Waals surface area contributed by atoms with Gasteiger partial charge in [0.1, 0.15) is 0 Å². The second-order valence-electron chi connectivity index (χ2n) is 9.20. The minimum atomic E-state index is -3.48. The van der Waals surface area contributed by atoms with Gasteiger partial charge in [0.05, 0.1) is 10.9 Å². The van der Waals surface area contributed by atoms with Crippen LogP contribution in [0.15, 0.2) is 33.7 Å². The van der Waals surface area contributed by atoms with E-state index in [4.69, 9.17) is 4.52 Å². The van der Waals surface area contributed by atoms with Crippen molar-refractivity contribution in [1.82, 2.24) is 19.3 Å². The van der Waals surface area contributed by atoms with Gasteiger partial charge in [-0.1, -0.05) is 51.9 Å². The Morgan fingerprint density at radius 2 is 1.67 bits per heavy atom. The van der Waals surface area contributed by atoms with Crippen molar-refractivity contribution in [3.8, 4) is 0 Å². The molecule has 1 aromatic carbocycles. The van der Waals surface area contributed by atoms with Gasteiger partial charge >= 0.3 is 0 Å². The fourth-order valence-corrected chi connectivity index (χ4v) is 4.97. The Hall–Kier alpha value is -1.77. The maximum atomic E-state index is 13.1. The summed E-state index contributed by atoms with van der Waals surface area (Å²) < 4.78 is 33.2. The fraction of sp³-hybridized carbons (Fsp3) is 0.636. The van der Waals surface area contributed by atoms with Gasteiger partial charge in [-0.05, 0) is 37.0 Å². The fourth-order valence-electron chi connectivity index (χ4n) is 3.55. The maximum Gasteiger partial charge on any atom is 0.243 e. The molecule has 1 aliphatic rings. The molecule has 0 amide bonds. The van der Waals surface area contributed by atoms with E-state index in [1.54, 1.807) is 16.4 Å². The van der Waals surface area contributed by atoms with Gasteiger partial charge in [0.2, 0.25) is 15.9 Å². The second-order valence-corrected chi connectivity index (χ2v) is 11.1. The van der Waals surface area contributed by atoms with E-state index < -0.39 is 10.0 Å². The number of nitrogens with zero attached hydrogens (tertiary/aromatic N) is 4. The second kappa shape index (κ2) is 8.77.